The summed E-state index contributed by atoms with van der Waals surface area (Å²) < 4.78 is 0. The Bertz CT molecular complexity index is 311. The number of nitro benzene ring substituents is 1. The van der Waals surface area contributed by atoms with Gasteiger partial charge in [0.15, 0.2) is 0 Å². The van der Waals surface area contributed by atoms with Gasteiger partial charge in [0.2, 0.25) is 0 Å². The summed E-state index contributed by atoms with van der Waals surface area (Å²) in [7, 11) is 0. The lowest BCUT2D eigenvalue weighted by molar-refractivity contribution is -0.384. The highest BCUT2D eigenvalue weighted by molar-refractivity contribution is 5.51. The molecule has 1 aromatic rings. The molecule has 0 aromatic heterocycles. The maximum atomic E-state index is 10.3. The first kappa shape index (κ1) is 8.19. The molecule has 1 rings (SSSR count). The third-order valence-corrected chi connectivity index (χ3v) is 1.27. The second kappa shape index (κ2) is 3.47. The molecule has 1 N–H and O–H groups in total. The van der Waals surface area contributed by atoms with Crippen molar-refractivity contribution in [2.75, 3.05) is 5.43 Å². The van der Waals surface area contributed by atoms with E-state index in [2.05, 4.69) is 17.2 Å². The topological polar surface area (TPSA) is 67.5 Å². The summed E-state index contributed by atoms with van der Waals surface area (Å²) >= 11 is 0. The van der Waals surface area contributed by atoms with Crippen LogP contribution < -0.4 is 5.43 Å². The molecule has 0 amide bonds. The van der Waals surface area contributed by atoms with Gasteiger partial charge in [-0.1, -0.05) is 6.07 Å². The minimum Gasteiger partial charge on any atom is -0.279 e. The molecule has 0 unspecified atom stereocenters. The second-order valence-corrected chi connectivity index (χ2v) is 2.08. The number of rotatable bonds is 3. The lowest BCUT2D eigenvalue weighted by Crippen LogP contribution is -1.90. The van der Waals surface area contributed by atoms with Gasteiger partial charge in [-0.25, -0.2) is 0 Å². The molecule has 5 heteroatoms. The quantitative estimate of drug-likeness (QED) is 0.420. The van der Waals surface area contributed by atoms with Crippen LogP contribution in [0.4, 0.5) is 11.4 Å². The first-order valence-corrected chi connectivity index (χ1v) is 3.20. The van der Waals surface area contributed by atoms with Crippen LogP contribution in [0.5, 0.6) is 0 Å². The molecule has 0 spiro atoms. The average Bonchev–Trinajstić information content (AvgIpc) is 2.05. The predicted octanol–water partition coefficient (Wildman–Crippen LogP) is 1.62. The van der Waals surface area contributed by atoms with E-state index >= 15 is 0 Å². The Balaban J connectivity index is 2.95. The summed E-state index contributed by atoms with van der Waals surface area (Å²) in [6.45, 7) is 3.20. The Morgan fingerprint density at radius 1 is 1.58 bits per heavy atom. The van der Waals surface area contributed by atoms with Crippen molar-refractivity contribution in [1.29, 1.82) is 0 Å². The number of benzene rings is 1. The normalized spacial score (nSPS) is 9.00. The van der Waals surface area contributed by atoms with E-state index in [1.54, 1.807) is 12.1 Å². The van der Waals surface area contributed by atoms with E-state index in [-0.39, 0.29) is 5.69 Å². The number of hydrogen-bond acceptors (Lipinski definition) is 4. The summed E-state index contributed by atoms with van der Waals surface area (Å²) in [5.74, 6) is 0. The van der Waals surface area contributed by atoms with Crippen LogP contribution in [0.25, 0.3) is 0 Å². The van der Waals surface area contributed by atoms with Crippen molar-refractivity contribution >= 4 is 18.1 Å². The van der Waals surface area contributed by atoms with Crippen LogP contribution in [0, 0.1) is 10.1 Å². The average molecular weight is 165 g/mol. The zero-order chi connectivity index (χ0) is 8.97. The molecule has 0 aliphatic heterocycles. The molecule has 0 bridgehead atoms. The lowest BCUT2D eigenvalue weighted by Gasteiger charge is -1.97. The van der Waals surface area contributed by atoms with Crippen LogP contribution in [0.2, 0.25) is 0 Å². The molecule has 0 radical (unpaired) electrons. The maximum Gasteiger partial charge on any atom is 0.271 e. The van der Waals surface area contributed by atoms with Crippen molar-refractivity contribution in [3.8, 4) is 0 Å². The smallest absolute Gasteiger partial charge is 0.271 e. The molecule has 1 aromatic carbocycles. The Labute approximate surface area is 68.9 Å². The van der Waals surface area contributed by atoms with E-state index in [0.717, 1.165) is 0 Å². The lowest BCUT2D eigenvalue weighted by atomic mass is 10.3. The summed E-state index contributed by atoms with van der Waals surface area (Å²) in [5, 5.41) is 13.7. The van der Waals surface area contributed by atoms with Gasteiger partial charge in [-0.2, -0.15) is 5.10 Å². The number of hydrazone groups is 1. The van der Waals surface area contributed by atoms with Crippen molar-refractivity contribution in [3.05, 3.63) is 34.4 Å². The highest BCUT2D eigenvalue weighted by Crippen LogP contribution is 2.16. The Kier molecular flexibility index (Phi) is 2.37. The van der Waals surface area contributed by atoms with E-state index in [1.807, 2.05) is 0 Å². The van der Waals surface area contributed by atoms with Gasteiger partial charge in [0.1, 0.15) is 0 Å². The van der Waals surface area contributed by atoms with Crippen LogP contribution in [-0.4, -0.2) is 11.6 Å². The van der Waals surface area contributed by atoms with Gasteiger partial charge >= 0.3 is 0 Å². The van der Waals surface area contributed by atoms with Crippen LogP contribution in [0.3, 0.4) is 0 Å². The minimum absolute atomic E-state index is 0.0312. The second-order valence-electron chi connectivity index (χ2n) is 2.08. The first-order chi connectivity index (χ1) is 5.74. The van der Waals surface area contributed by atoms with Gasteiger partial charge in [-0.05, 0) is 6.07 Å². The highest BCUT2D eigenvalue weighted by Gasteiger charge is 2.03. The van der Waals surface area contributed by atoms with Crippen molar-refractivity contribution in [1.82, 2.24) is 0 Å². The fraction of sp³-hybridized carbons (Fsp3) is 0. The molecule has 0 fully saturated rings. The zero-order valence-corrected chi connectivity index (χ0v) is 6.23. The third-order valence-electron chi connectivity index (χ3n) is 1.27. The van der Waals surface area contributed by atoms with Crippen LogP contribution in [0.1, 0.15) is 0 Å². The van der Waals surface area contributed by atoms with Crippen molar-refractivity contribution in [2.24, 2.45) is 5.10 Å². The van der Waals surface area contributed by atoms with Crippen LogP contribution in [0.15, 0.2) is 29.4 Å². The van der Waals surface area contributed by atoms with Gasteiger partial charge in [-0.15, -0.1) is 0 Å². The summed E-state index contributed by atoms with van der Waals surface area (Å²) in [5.41, 5.74) is 3.10. The van der Waals surface area contributed by atoms with Gasteiger partial charge in [0.05, 0.1) is 10.6 Å². The zero-order valence-electron chi connectivity index (χ0n) is 6.23. The number of nitro groups is 1. The molecule has 12 heavy (non-hydrogen) atoms. The Hall–Kier alpha value is -1.91. The molecule has 0 heterocycles. The van der Waals surface area contributed by atoms with E-state index in [9.17, 15) is 10.1 Å². The van der Waals surface area contributed by atoms with Crippen molar-refractivity contribution in [3.63, 3.8) is 0 Å². The monoisotopic (exact) mass is 165 g/mol. The molecule has 0 aliphatic carbocycles. The van der Waals surface area contributed by atoms with E-state index in [1.165, 1.54) is 12.1 Å². The number of anilines is 1. The molecule has 0 saturated heterocycles. The number of hydrogen-bond donors (Lipinski definition) is 1. The van der Waals surface area contributed by atoms with E-state index < -0.39 is 4.92 Å². The van der Waals surface area contributed by atoms with Gasteiger partial charge in [0.25, 0.3) is 5.69 Å². The Morgan fingerprint density at radius 3 is 2.92 bits per heavy atom. The summed E-state index contributed by atoms with van der Waals surface area (Å²) in [6, 6.07) is 6.04. The Morgan fingerprint density at radius 2 is 2.33 bits per heavy atom. The maximum absolute atomic E-state index is 10.3. The van der Waals surface area contributed by atoms with Crippen molar-refractivity contribution < 1.29 is 4.92 Å². The fourth-order valence-corrected chi connectivity index (χ4v) is 0.780. The number of nitrogens with zero attached hydrogens (tertiary/aromatic N) is 2. The van der Waals surface area contributed by atoms with Crippen molar-refractivity contribution in [2.45, 2.75) is 0 Å². The van der Waals surface area contributed by atoms with Gasteiger partial charge < -0.3 is 0 Å². The molecule has 0 saturated carbocycles. The molecular weight excluding hydrogens is 158 g/mol. The molecule has 0 aliphatic rings. The predicted molar refractivity (Wildman–Crippen MR) is 46.3 cm³/mol. The third kappa shape index (κ3) is 1.79. The number of non-ortho nitro benzene ring substituents is 1. The van der Waals surface area contributed by atoms with Gasteiger partial charge in [0, 0.05) is 18.9 Å². The SMILES string of the molecule is C=NNc1cccc([N+](=O)[O-])c1. The summed E-state index contributed by atoms with van der Waals surface area (Å²) in [6.07, 6.45) is 0. The van der Waals surface area contributed by atoms with Crippen LogP contribution in [-0.2, 0) is 0 Å². The molecule has 0 atom stereocenters. The van der Waals surface area contributed by atoms with Crippen LogP contribution >= 0.6 is 0 Å². The van der Waals surface area contributed by atoms with E-state index in [0.29, 0.717) is 5.69 Å². The number of nitrogens with one attached hydrogen (secondary N) is 1. The molecule has 5 nitrogen and oxygen atoms in total. The van der Waals surface area contributed by atoms with E-state index in [4.69, 9.17) is 0 Å². The highest BCUT2D eigenvalue weighted by atomic mass is 16.6. The molecular formula is C7H7N3O2. The van der Waals surface area contributed by atoms with Gasteiger partial charge in [-0.3, -0.25) is 15.5 Å². The summed E-state index contributed by atoms with van der Waals surface area (Å²) in [4.78, 5) is 9.82. The minimum atomic E-state index is -0.464. The first-order valence-electron chi connectivity index (χ1n) is 3.20. The standard InChI is InChI=1S/C7H7N3O2/c1-8-9-6-3-2-4-7(5-6)10(11)12/h2-5,9H,1H2. The molecule has 62 valence electrons. The fourth-order valence-electron chi connectivity index (χ4n) is 0.780. The largest absolute Gasteiger partial charge is 0.279 e.